The molecule has 0 spiro atoms. The average molecular weight is 334 g/mol. The predicted octanol–water partition coefficient (Wildman–Crippen LogP) is 3.08. The number of aryl methyl sites for hydroxylation is 3. The number of benzene rings is 1. The molecule has 0 radical (unpaired) electrons. The molecule has 0 aliphatic carbocycles. The van der Waals surface area contributed by atoms with Crippen molar-refractivity contribution in [1.82, 2.24) is 9.46 Å². The van der Waals surface area contributed by atoms with Gasteiger partial charge < -0.3 is 4.52 Å². The maximum atomic E-state index is 13.0. The monoisotopic (exact) mass is 334 g/mol. The molecule has 124 valence electrons. The topological polar surface area (TPSA) is 63.4 Å². The van der Waals surface area contributed by atoms with E-state index in [2.05, 4.69) is 17.3 Å². The summed E-state index contributed by atoms with van der Waals surface area (Å²) < 4.78 is 32.7. The van der Waals surface area contributed by atoms with Gasteiger partial charge >= 0.3 is 0 Å². The fourth-order valence-corrected chi connectivity index (χ4v) is 5.37. The van der Waals surface area contributed by atoms with Crippen LogP contribution < -0.4 is 0 Å². The minimum absolute atomic E-state index is 0.0499. The zero-order chi connectivity index (χ0) is 16.4. The van der Waals surface area contributed by atoms with Crippen LogP contribution in [0.25, 0.3) is 0 Å². The summed E-state index contributed by atoms with van der Waals surface area (Å²) in [6.07, 6.45) is 3.54. The third-order valence-corrected chi connectivity index (χ3v) is 6.66. The van der Waals surface area contributed by atoms with E-state index in [0.29, 0.717) is 18.0 Å². The van der Waals surface area contributed by atoms with Crippen LogP contribution in [0.1, 0.15) is 36.3 Å². The van der Waals surface area contributed by atoms with Crippen LogP contribution >= 0.6 is 0 Å². The lowest BCUT2D eigenvalue weighted by Gasteiger charge is -2.24. The fourth-order valence-electron chi connectivity index (χ4n) is 3.35. The van der Waals surface area contributed by atoms with Gasteiger partial charge in [0.15, 0.2) is 5.76 Å². The Labute approximate surface area is 137 Å². The predicted molar refractivity (Wildman–Crippen MR) is 87.7 cm³/mol. The molecule has 1 aromatic heterocycles. The number of sulfonamides is 1. The summed E-state index contributed by atoms with van der Waals surface area (Å²) in [6, 6.07) is 10.2. The van der Waals surface area contributed by atoms with Crippen molar-refractivity contribution in [2.45, 2.75) is 50.5 Å². The van der Waals surface area contributed by atoms with E-state index in [-0.39, 0.29) is 10.9 Å². The van der Waals surface area contributed by atoms with Crippen LogP contribution in [-0.4, -0.2) is 30.5 Å². The van der Waals surface area contributed by atoms with Crippen LogP contribution in [-0.2, 0) is 16.4 Å². The van der Waals surface area contributed by atoms with Gasteiger partial charge in [0.2, 0.25) is 10.0 Å². The molecular weight excluding hydrogens is 312 g/mol. The van der Waals surface area contributed by atoms with Crippen molar-refractivity contribution in [3.05, 3.63) is 47.3 Å². The highest BCUT2D eigenvalue weighted by Crippen LogP contribution is 2.31. The van der Waals surface area contributed by atoms with Crippen molar-refractivity contribution in [3.63, 3.8) is 0 Å². The maximum Gasteiger partial charge on any atom is 0.248 e. The molecule has 0 amide bonds. The summed E-state index contributed by atoms with van der Waals surface area (Å²) in [5.41, 5.74) is 1.69. The first kappa shape index (κ1) is 16.2. The zero-order valence-corrected chi connectivity index (χ0v) is 14.3. The Bertz CT molecular complexity index is 749. The highest BCUT2D eigenvalue weighted by Gasteiger charge is 2.38. The Morgan fingerprint density at radius 2 is 2.00 bits per heavy atom. The maximum absolute atomic E-state index is 13.0. The normalized spacial score (nSPS) is 19.3. The first-order valence-electron chi connectivity index (χ1n) is 7.99. The van der Waals surface area contributed by atoms with E-state index in [1.165, 1.54) is 5.56 Å². The molecule has 1 aromatic carbocycles. The van der Waals surface area contributed by atoms with Crippen LogP contribution in [0.3, 0.4) is 0 Å². The highest BCUT2D eigenvalue weighted by atomic mass is 32.2. The molecule has 1 unspecified atom stereocenters. The largest absolute Gasteiger partial charge is 0.360 e. The van der Waals surface area contributed by atoms with Crippen LogP contribution in [0.2, 0.25) is 0 Å². The Balaban J connectivity index is 1.78. The molecule has 1 atom stereocenters. The Morgan fingerprint density at radius 1 is 1.26 bits per heavy atom. The van der Waals surface area contributed by atoms with Crippen LogP contribution in [0.4, 0.5) is 0 Å². The van der Waals surface area contributed by atoms with Gasteiger partial charge in [-0.25, -0.2) is 8.42 Å². The summed E-state index contributed by atoms with van der Waals surface area (Å²) in [4.78, 5) is 0.240. The number of aromatic nitrogens is 1. The molecule has 5 nitrogen and oxygen atoms in total. The van der Waals surface area contributed by atoms with Crippen molar-refractivity contribution >= 4 is 10.0 Å². The Morgan fingerprint density at radius 3 is 2.65 bits per heavy atom. The second-order valence-corrected chi connectivity index (χ2v) is 7.92. The van der Waals surface area contributed by atoms with Crippen molar-refractivity contribution in [3.8, 4) is 0 Å². The molecule has 3 rings (SSSR count). The van der Waals surface area contributed by atoms with Gasteiger partial charge in [-0.05, 0) is 45.1 Å². The van der Waals surface area contributed by atoms with E-state index in [1.54, 1.807) is 18.2 Å². The third-order valence-electron chi connectivity index (χ3n) is 4.47. The van der Waals surface area contributed by atoms with Gasteiger partial charge in [0.05, 0.1) is 0 Å². The van der Waals surface area contributed by atoms with Gasteiger partial charge in [0, 0.05) is 12.6 Å². The number of hydrogen-bond acceptors (Lipinski definition) is 4. The lowest BCUT2D eigenvalue weighted by atomic mass is 10.0. The summed E-state index contributed by atoms with van der Waals surface area (Å²) in [5.74, 6) is 0.371. The van der Waals surface area contributed by atoms with Gasteiger partial charge in [0.25, 0.3) is 0 Å². The Hall–Kier alpha value is -1.66. The Kier molecular flexibility index (Phi) is 4.55. The van der Waals surface area contributed by atoms with Crippen LogP contribution in [0.15, 0.2) is 39.8 Å². The first-order chi connectivity index (χ1) is 11.0. The van der Waals surface area contributed by atoms with Gasteiger partial charge in [-0.2, -0.15) is 4.31 Å². The van der Waals surface area contributed by atoms with E-state index in [4.69, 9.17) is 4.52 Å². The van der Waals surface area contributed by atoms with Gasteiger partial charge in [-0.1, -0.05) is 35.5 Å². The van der Waals surface area contributed by atoms with E-state index >= 15 is 0 Å². The molecule has 2 heterocycles. The van der Waals surface area contributed by atoms with Crippen molar-refractivity contribution in [2.24, 2.45) is 0 Å². The van der Waals surface area contributed by atoms with E-state index in [9.17, 15) is 8.42 Å². The van der Waals surface area contributed by atoms with Crippen LogP contribution in [0, 0.1) is 13.8 Å². The summed E-state index contributed by atoms with van der Waals surface area (Å²) >= 11 is 0. The lowest BCUT2D eigenvalue weighted by Crippen LogP contribution is -2.36. The van der Waals surface area contributed by atoms with Gasteiger partial charge in [0.1, 0.15) is 10.6 Å². The molecule has 0 N–H and O–H groups in total. The van der Waals surface area contributed by atoms with E-state index in [0.717, 1.165) is 25.7 Å². The molecule has 1 aliphatic rings. The summed E-state index contributed by atoms with van der Waals surface area (Å²) in [5, 5.41) is 3.79. The SMILES string of the molecule is Cc1noc(C)c1S(=O)(=O)N1CCCC1CCc1ccccc1. The van der Waals surface area contributed by atoms with Gasteiger partial charge in [-0.15, -0.1) is 0 Å². The lowest BCUT2D eigenvalue weighted by molar-refractivity contribution is 0.367. The third kappa shape index (κ3) is 3.19. The van der Waals surface area contributed by atoms with E-state index < -0.39 is 10.0 Å². The number of hydrogen-bond donors (Lipinski definition) is 0. The summed E-state index contributed by atoms with van der Waals surface area (Å²) in [6.45, 7) is 3.91. The molecule has 6 heteroatoms. The quantitative estimate of drug-likeness (QED) is 0.843. The van der Waals surface area contributed by atoms with Crippen molar-refractivity contribution < 1.29 is 12.9 Å². The minimum Gasteiger partial charge on any atom is -0.360 e. The molecule has 0 bridgehead atoms. The highest BCUT2D eigenvalue weighted by molar-refractivity contribution is 7.89. The van der Waals surface area contributed by atoms with Crippen molar-refractivity contribution in [2.75, 3.05) is 6.54 Å². The second kappa shape index (κ2) is 6.45. The smallest absolute Gasteiger partial charge is 0.248 e. The minimum atomic E-state index is -3.53. The molecule has 2 aromatic rings. The average Bonchev–Trinajstić information content (AvgIpc) is 3.13. The summed E-state index contributed by atoms with van der Waals surface area (Å²) in [7, 11) is -3.53. The fraction of sp³-hybridized carbons (Fsp3) is 0.471. The van der Waals surface area contributed by atoms with E-state index in [1.807, 2.05) is 18.2 Å². The zero-order valence-electron chi connectivity index (χ0n) is 13.5. The van der Waals surface area contributed by atoms with Crippen LogP contribution in [0.5, 0.6) is 0 Å². The number of nitrogens with zero attached hydrogens (tertiary/aromatic N) is 2. The molecule has 1 aliphatic heterocycles. The molecular formula is C17H22N2O3S. The van der Waals surface area contributed by atoms with Gasteiger partial charge in [-0.3, -0.25) is 0 Å². The standard InChI is InChI=1S/C17H22N2O3S/c1-13-17(14(2)22-18-13)23(20,21)19-12-6-9-16(19)11-10-15-7-4-3-5-8-15/h3-5,7-8,16H,6,9-12H2,1-2H3. The molecule has 1 saturated heterocycles. The molecule has 1 fully saturated rings. The molecule has 0 saturated carbocycles. The first-order valence-corrected chi connectivity index (χ1v) is 9.43. The van der Waals surface area contributed by atoms with Crippen molar-refractivity contribution in [1.29, 1.82) is 0 Å². The molecule has 23 heavy (non-hydrogen) atoms. The number of rotatable bonds is 5. The second-order valence-electron chi connectivity index (χ2n) is 6.09.